The van der Waals surface area contributed by atoms with Gasteiger partial charge in [-0.1, -0.05) is 0 Å². The number of nitrogens with zero attached hydrogens (tertiary/aromatic N) is 4. The van der Waals surface area contributed by atoms with E-state index in [1.165, 1.54) is 12.4 Å². The van der Waals surface area contributed by atoms with Gasteiger partial charge in [-0.15, -0.1) is 10.2 Å². The van der Waals surface area contributed by atoms with E-state index in [1.807, 2.05) is 0 Å². The van der Waals surface area contributed by atoms with E-state index in [9.17, 15) is 4.79 Å². The lowest BCUT2D eigenvalue weighted by Crippen LogP contribution is -2.28. The summed E-state index contributed by atoms with van der Waals surface area (Å²) in [5.74, 6) is 5.75. The second-order valence-electron chi connectivity index (χ2n) is 3.51. The molecule has 0 spiro atoms. The zero-order chi connectivity index (χ0) is 13.0. The van der Waals surface area contributed by atoms with Gasteiger partial charge in [0, 0.05) is 0 Å². The Balaban J connectivity index is 2.03. The summed E-state index contributed by atoms with van der Waals surface area (Å²) in [6, 6.07) is 2.78. The smallest absolute Gasteiger partial charge is 0.272 e. The summed E-state index contributed by atoms with van der Waals surface area (Å²) in [5.41, 5.74) is 2.52. The maximum atomic E-state index is 11.8. The Hall–Kier alpha value is -2.55. The van der Waals surface area contributed by atoms with Crippen molar-refractivity contribution in [3.8, 4) is 0 Å². The molecular weight excluding hydrogens is 236 g/mol. The molecule has 2 aromatic heterocycles. The van der Waals surface area contributed by atoms with Crippen LogP contribution in [0.5, 0.6) is 0 Å². The van der Waals surface area contributed by atoms with Crippen LogP contribution in [0.4, 0.5) is 5.82 Å². The summed E-state index contributed by atoms with van der Waals surface area (Å²) in [4.78, 5) is 15.8. The van der Waals surface area contributed by atoms with Crippen LogP contribution in [0, 0.1) is 0 Å². The van der Waals surface area contributed by atoms with E-state index in [1.54, 1.807) is 13.0 Å². The second-order valence-corrected chi connectivity index (χ2v) is 3.51. The Morgan fingerprint density at radius 3 is 2.83 bits per heavy atom. The molecule has 0 radical (unpaired) electrons. The van der Waals surface area contributed by atoms with Crippen LogP contribution in [0.25, 0.3) is 0 Å². The largest absolute Gasteiger partial charge is 0.341 e. The minimum Gasteiger partial charge on any atom is -0.341 e. The molecule has 1 amide bonds. The average molecular weight is 248 g/mol. The third kappa shape index (κ3) is 2.58. The van der Waals surface area contributed by atoms with Crippen LogP contribution in [0.15, 0.2) is 18.5 Å². The molecule has 0 aromatic carbocycles. The van der Waals surface area contributed by atoms with Gasteiger partial charge >= 0.3 is 0 Å². The Morgan fingerprint density at radius 2 is 2.28 bits per heavy atom. The van der Waals surface area contributed by atoms with Crippen molar-refractivity contribution in [3.05, 3.63) is 30.0 Å². The fourth-order valence-electron chi connectivity index (χ4n) is 1.29. The SMILES string of the molecule is CC(NC(=O)c1ccc(NN)nn1)c1ncn[nH]1. The molecule has 0 aliphatic carbocycles. The zero-order valence-corrected chi connectivity index (χ0v) is 9.58. The number of hydrogen-bond acceptors (Lipinski definition) is 7. The molecule has 2 aromatic rings. The number of hydrazine groups is 1. The number of aromatic amines is 1. The highest BCUT2D eigenvalue weighted by molar-refractivity contribution is 5.92. The van der Waals surface area contributed by atoms with Crippen molar-refractivity contribution < 1.29 is 4.79 Å². The summed E-state index contributed by atoms with van der Waals surface area (Å²) < 4.78 is 0. The summed E-state index contributed by atoms with van der Waals surface area (Å²) in [5, 5.41) is 16.5. The quantitative estimate of drug-likeness (QED) is 0.418. The number of carbonyl (C=O) groups excluding carboxylic acids is 1. The molecule has 1 atom stereocenters. The molecule has 1 unspecified atom stereocenters. The standard InChI is InChI=1S/C9H12N8O/c1-5(8-11-4-12-17-8)13-9(18)6-2-3-7(14-10)16-15-6/h2-5H,10H2,1H3,(H,13,18)(H,14,16)(H,11,12,17). The van der Waals surface area contributed by atoms with E-state index in [4.69, 9.17) is 5.84 Å². The van der Waals surface area contributed by atoms with Crippen molar-refractivity contribution in [1.29, 1.82) is 0 Å². The first kappa shape index (κ1) is 11.9. The lowest BCUT2D eigenvalue weighted by Gasteiger charge is -2.10. The monoisotopic (exact) mass is 248 g/mol. The number of H-pyrrole nitrogens is 1. The predicted octanol–water partition coefficient (Wildman–Crippen LogP) is -0.629. The first-order valence-electron chi connectivity index (χ1n) is 5.17. The number of anilines is 1. The van der Waals surface area contributed by atoms with Gasteiger partial charge in [0.15, 0.2) is 11.5 Å². The van der Waals surface area contributed by atoms with Crippen LogP contribution in [0.3, 0.4) is 0 Å². The fraction of sp³-hybridized carbons (Fsp3) is 0.222. The van der Waals surface area contributed by atoms with Crippen molar-refractivity contribution in [3.63, 3.8) is 0 Å². The van der Waals surface area contributed by atoms with Gasteiger partial charge in [-0.3, -0.25) is 9.89 Å². The van der Waals surface area contributed by atoms with E-state index < -0.39 is 0 Å². The molecule has 0 aliphatic rings. The Bertz CT molecular complexity index is 508. The minimum atomic E-state index is -0.352. The van der Waals surface area contributed by atoms with Gasteiger partial charge in [0.2, 0.25) is 0 Å². The first-order valence-corrected chi connectivity index (χ1v) is 5.17. The van der Waals surface area contributed by atoms with Crippen LogP contribution in [0.2, 0.25) is 0 Å². The molecule has 2 heterocycles. The Morgan fingerprint density at radius 1 is 1.44 bits per heavy atom. The van der Waals surface area contributed by atoms with E-state index in [0.29, 0.717) is 11.6 Å². The molecule has 9 heteroatoms. The number of nitrogens with two attached hydrogens (primary N) is 1. The van der Waals surface area contributed by atoms with Gasteiger partial charge in [0.25, 0.3) is 5.91 Å². The van der Waals surface area contributed by atoms with E-state index in [0.717, 1.165) is 0 Å². The van der Waals surface area contributed by atoms with Crippen LogP contribution < -0.4 is 16.6 Å². The number of nitrogens with one attached hydrogen (secondary N) is 3. The molecule has 18 heavy (non-hydrogen) atoms. The number of hydrogen-bond donors (Lipinski definition) is 4. The van der Waals surface area contributed by atoms with E-state index >= 15 is 0 Å². The lowest BCUT2D eigenvalue weighted by atomic mass is 10.3. The van der Waals surface area contributed by atoms with Gasteiger partial charge in [0.1, 0.15) is 12.2 Å². The molecule has 0 fully saturated rings. The molecule has 0 bridgehead atoms. The van der Waals surface area contributed by atoms with Gasteiger partial charge in [-0.05, 0) is 19.1 Å². The van der Waals surface area contributed by atoms with Gasteiger partial charge < -0.3 is 10.7 Å². The number of aromatic nitrogens is 5. The topological polar surface area (TPSA) is 134 Å². The summed E-state index contributed by atoms with van der Waals surface area (Å²) >= 11 is 0. The van der Waals surface area contributed by atoms with Crippen molar-refractivity contribution in [2.24, 2.45) is 5.84 Å². The second kappa shape index (κ2) is 5.19. The van der Waals surface area contributed by atoms with Gasteiger partial charge in [-0.2, -0.15) is 5.10 Å². The molecular formula is C9H12N8O. The summed E-state index contributed by atoms with van der Waals surface area (Å²) in [7, 11) is 0. The van der Waals surface area contributed by atoms with E-state index in [-0.39, 0.29) is 17.6 Å². The van der Waals surface area contributed by atoms with Gasteiger partial charge in [-0.25, -0.2) is 10.8 Å². The van der Waals surface area contributed by atoms with Crippen molar-refractivity contribution in [2.45, 2.75) is 13.0 Å². The van der Waals surface area contributed by atoms with Crippen LogP contribution >= 0.6 is 0 Å². The lowest BCUT2D eigenvalue weighted by molar-refractivity contribution is 0.0932. The molecule has 94 valence electrons. The van der Waals surface area contributed by atoms with Crippen molar-refractivity contribution in [2.75, 3.05) is 5.43 Å². The summed E-state index contributed by atoms with van der Waals surface area (Å²) in [6.45, 7) is 1.78. The van der Waals surface area contributed by atoms with Gasteiger partial charge in [0.05, 0.1) is 6.04 Å². The number of carbonyl (C=O) groups is 1. The maximum absolute atomic E-state index is 11.8. The zero-order valence-electron chi connectivity index (χ0n) is 9.58. The first-order chi connectivity index (χ1) is 8.70. The van der Waals surface area contributed by atoms with Crippen LogP contribution in [0.1, 0.15) is 29.3 Å². The molecule has 0 saturated heterocycles. The molecule has 5 N–H and O–H groups in total. The fourth-order valence-corrected chi connectivity index (χ4v) is 1.29. The molecule has 2 rings (SSSR count). The normalized spacial score (nSPS) is 11.9. The van der Waals surface area contributed by atoms with Crippen LogP contribution in [-0.2, 0) is 0 Å². The highest BCUT2D eigenvalue weighted by atomic mass is 16.2. The number of rotatable bonds is 4. The minimum absolute atomic E-state index is 0.195. The highest BCUT2D eigenvalue weighted by Crippen LogP contribution is 2.06. The van der Waals surface area contributed by atoms with Crippen molar-refractivity contribution >= 4 is 11.7 Å². The average Bonchev–Trinajstić information content (AvgIpc) is 2.92. The highest BCUT2D eigenvalue weighted by Gasteiger charge is 2.14. The Labute approximate surface area is 102 Å². The maximum Gasteiger partial charge on any atom is 0.272 e. The molecule has 0 saturated carbocycles. The predicted molar refractivity (Wildman–Crippen MR) is 62.1 cm³/mol. The number of nitrogen functional groups attached to an aromatic ring is 1. The summed E-state index contributed by atoms with van der Waals surface area (Å²) in [6.07, 6.45) is 1.37. The molecule has 9 nitrogen and oxygen atoms in total. The third-order valence-corrected chi connectivity index (χ3v) is 2.24. The molecule has 0 aliphatic heterocycles. The number of amides is 1. The van der Waals surface area contributed by atoms with Crippen LogP contribution in [-0.4, -0.2) is 31.3 Å². The Kier molecular flexibility index (Phi) is 3.44. The van der Waals surface area contributed by atoms with E-state index in [2.05, 4.69) is 36.1 Å². The third-order valence-electron chi connectivity index (χ3n) is 2.24. The van der Waals surface area contributed by atoms with Crippen molar-refractivity contribution in [1.82, 2.24) is 30.7 Å².